The topological polar surface area (TPSA) is 111 Å². The first-order valence-corrected chi connectivity index (χ1v) is 17.6. The molecule has 0 saturated carbocycles. The van der Waals surface area contributed by atoms with E-state index in [0.717, 1.165) is 22.3 Å². The molecule has 10 heteroatoms. The van der Waals surface area contributed by atoms with Gasteiger partial charge in [0.25, 0.3) is 0 Å². The van der Waals surface area contributed by atoms with Crippen LogP contribution < -0.4 is 10.6 Å². The van der Waals surface area contributed by atoms with Crippen molar-refractivity contribution in [2.24, 2.45) is 0 Å². The third-order valence-electron chi connectivity index (χ3n) is 8.38. The van der Waals surface area contributed by atoms with E-state index in [1.807, 2.05) is 84.9 Å². The Hall–Kier alpha value is -4.02. The van der Waals surface area contributed by atoms with E-state index in [2.05, 4.69) is 10.6 Å². The maximum absolute atomic E-state index is 14.2. The zero-order chi connectivity index (χ0) is 33.2. The molecule has 246 valence electrons. The van der Waals surface area contributed by atoms with E-state index >= 15 is 0 Å². The molecular formula is C37H39ClN2O6S. The van der Waals surface area contributed by atoms with Crippen molar-refractivity contribution in [2.75, 3.05) is 26.0 Å². The molecule has 0 aromatic heterocycles. The Morgan fingerprint density at radius 1 is 0.851 bits per heavy atom. The summed E-state index contributed by atoms with van der Waals surface area (Å²) in [7, 11) is -2.27. The Labute approximate surface area is 281 Å². The zero-order valence-corrected chi connectivity index (χ0v) is 27.8. The predicted octanol–water partition coefficient (Wildman–Crippen LogP) is 5.77. The molecule has 4 aromatic carbocycles. The average molecular weight is 675 g/mol. The second-order valence-corrected chi connectivity index (χ2v) is 14.1. The third-order valence-corrected chi connectivity index (χ3v) is 10.4. The maximum Gasteiger partial charge on any atom is 0.407 e. The van der Waals surface area contributed by atoms with Gasteiger partial charge < -0.3 is 20.1 Å². The largest absolute Gasteiger partial charge is 0.453 e. The maximum atomic E-state index is 14.2. The molecule has 1 saturated heterocycles. The number of hydrogen-bond donors (Lipinski definition) is 2. The average Bonchev–Trinajstić information content (AvgIpc) is 3.08. The molecule has 0 aliphatic carbocycles. The first kappa shape index (κ1) is 34.3. The van der Waals surface area contributed by atoms with Crippen LogP contribution in [0.5, 0.6) is 0 Å². The number of ether oxygens (including phenoxy) is 2. The van der Waals surface area contributed by atoms with Crippen molar-refractivity contribution in [3.63, 3.8) is 0 Å². The molecule has 47 heavy (non-hydrogen) atoms. The molecule has 0 radical (unpaired) electrons. The van der Waals surface area contributed by atoms with E-state index in [1.165, 1.54) is 19.2 Å². The molecule has 3 atom stereocenters. The highest BCUT2D eigenvalue weighted by molar-refractivity contribution is 7.91. The summed E-state index contributed by atoms with van der Waals surface area (Å²) < 4.78 is 37.2. The summed E-state index contributed by atoms with van der Waals surface area (Å²) >= 11 is 5.93. The van der Waals surface area contributed by atoms with Gasteiger partial charge in [-0.3, -0.25) is 4.79 Å². The van der Waals surface area contributed by atoms with Crippen LogP contribution in [0, 0.1) is 0 Å². The predicted molar refractivity (Wildman–Crippen MR) is 183 cm³/mol. The summed E-state index contributed by atoms with van der Waals surface area (Å²) in [5.74, 6) is -0.718. The van der Waals surface area contributed by atoms with Gasteiger partial charge in [-0.05, 0) is 59.4 Å². The van der Waals surface area contributed by atoms with Gasteiger partial charge in [-0.2, -0.15) is 0 Å². The number of halogens is 1. The van der Waals surface area contributed by atoms with Crippen molar-refractivity contribution in [3.8, 4) is 0 Å². The van der Waals surface area contributed by atoms with Crippen LogP contribution in [0.25, 0.3) is 0 Å². The standard InChI is InChI=1S/C37H39ClN2O6S/c1-45-37(42)40-36(35(27-11-4-2-5-12-27)28-13-6-3-7-14-28)34(41)22-29-15-9-8-10-26(29)16-19-31-23-39-24-32(46-31)25-47(43,44)33-20-17-30(38)18-21-33/h2-15,17-18,20-21,31-32,35-36,39H,16,19,22-25H2,1H3,(H,40,42)/t31-,32+,36-/m1/s1. The van der Waals surface area contributed by atoms with Crippen LogP contribution in [0.4, 0.5) is 4.79 Å². The Bertz CT molecular complexity index is 1700. The lowest BCUT2D eigenvalue weighted by Crippen LogP contribution is -2.47. The lowest BCUT2D eigenvalue weighted by atomic mass is 9.81. The van der Waals surface area contributed by atoms with E-state index in [0.29, 0.717) is 31.0 Å². The fraction of sp³-hybridized carbons (Fsp3) is 0.297. The zero-order valence-electron chi connectivity index (χ0n) is 26.2. The summed E-state index contributed by atoms with van der Waals surface area (Å²) in [6.07, 6.45) is -0.00903. The summed E-state index contributed by atoms with van der Waals surface area (Å²) in [5, 5.41) is 6.62. The molecule has 0 spiro atoms. The molecule has 0 unspecified atom stereocenters. The monoisotopic (exact) mass is 674 g/mol. The number of ketones is 1. The Balaban J connectivity index is 1.29. The summed E-state index contributed by atoms with van der Waals surface area (Å²) in [6.45, 7) is 1.03. The number of Topliss-reactive ketones (excluding diaryl/α,β-unsaturated/α-hetero) is 1. The summed E-state index contributed by atoms with van der Waals surface area (Å²) in [5.41, 5.74) is 3.65. The highest BCUT2D eigenvalue weighted by atomic mass is 35.5. The fourth-order valence-electron chi connectivity index (χ4n) is 6.05. The van der Waals surface area contributed by atoms with Crippen molar-refractivity contribution >= 4 is 33.3 Å². The number of hydrogen-bond acceptors (Lipinski definition) is 7. The minimum Gasteiger partial charge on any atom is -0.453 e. The van der Waals surface area contributed by atoms with E-state index < -0.39 is 34.0 Å². The third kappa shape index (κ3) is 9.29. The molecule has 1 aliphatic rings. The molecule has 1 heterocycles. The molecule has 1 aliphatic heterocycles. The van der Waals surface area contributed by atoms with Gasteiger partial charge in [0.1, 0.15) is 6.04 Å². The van der Waals surface area contributed by atoms with Gasteiger partial charge in [0.15, 0.2) is 15.6 Å². The van der Waals surface area contributed by atoms with E-state index in [1.54, 1.807) is 12.1 Å². The number of amides is 1. The second kappa shape index (κ2) is 16.2. The number of sulfone groups is 1. The Kier molecular flexibility index (Phi) is 11.8. The number of aryl methyl sites for hydroxylation is 1. The molecule has 2 N–H and O–H groups in total. The molecule has 5 rings (SSSR count). The van der Waals surface area contributed by atoms with Crippen LogP contribution in [-0.2, 0) is 36.9 Å². The number of carbonyl (C=O) groups is 2. The Morgan fingerprint density at radius 3 is 2.04 bits per heavy atom. The van der Waals surface area contributed by atoms with Gasteiger partial charge in [0.05, 0.1) is 30.0 Å². The van der Waals surface area contributed by atoms with Crippen LogP contribution in [-0.4, -0.2) is 64.5 Å². The van der Waals surface area contributed by atoms with Gasteiger partial charge in [0.2, 0.25) is 0 Å². The van der Waals surface area contributed by atoms with Crippen molar-refractivity contribution in [1.29, 1.82) is 0 Å². The first-order chi connectivity index (χ1) is 22.7. The van der Waals surface area contributed by atoms with E-state index in [9.17, 15) is 18.0 Å². The van der Waals surface area contributed by atoms with Crippen LogP contribution in [0.1, 0.15) is 34.6 Å². The van der Waals surface area contributed by atoms with Crippen molar-refractivity contribution < 1.29 is 27.5 Å². The van der Waals surface area contributed by atoms with E-state index in [4.69, 9.17) is 21.1 Å². The van der Waals surface area contributed by atoms with Crippen LogP contribution in [0.2, 0.25) is 5.02 Å². The lowest BCUT2D eigenvalue weighted by Gasteiger charge is -2.31. The van der Waals surface area contributed by atoms with Crippen molar-refractivity contribution in [3.05, 3.63) is 136 Å². The quantitative estimate of drug-likeness (QED) is 0.185. The minimum absolute atomic E-state index is 0.104. The summed E-state index contributed by atoms with van der Waals surface area (Å²) in [6, 6.07) is 32.4. The van der Waals surface area contributed by atoms with Gasteiger partial charge in [0, 0.05) is 30.5 Å². The van der Waals surface area contributed by atoms with Gasteiger partial charge in [-0.25, -0.2) is 13.2 Å². The lowest BCUT2D eigenvalue weighted by molar-refractivity contribution is -0.120. The minimum atomic E-state index is -3.55. The number of nitrogens with one attached hydrogen (secondary N) is 2. The number of benzene rings is 4. The smallest absolute Gasteiger partial charge is 0.407 e. The highest BCUT2D eigenvalue weighted by Crippen LogP contribution is 2.30. The Morgan fingerprint density at radius 2 is 1.43 bits per heavy atom. The van der Waals surface area contributed by atoms with Gasteiger partial charge in [-0.1, -0.05) is 96.5 Å². The van der Waals surface area contributed by atoms with Crippen LogP contribution in [0.15, 0.2) is 114 Å². The number of alkyl carbamates (subject to hydrolysis) is 1. The number of morpholine rings is 1. The number of carbonyl (C=O) groups excluding carboxylic acids is 2. The number of rotatable bonds is 13. The van der Waals surface area contributed by atoms with Gasteiger partial charge in [-0.15, -0.1) is 0 Å². The molecule has 1 amide bonds. The van der Waals surface area contributed by atoms with Crippen LogP contribution >= 0.6 is 11.6 Å². The van der Waals surface area contributed by atoms with Crippen LogP contribution in [0.3, 0.4) is 0 Å². The second-order valence-electron chi connectivity index (χ2n) is 11.6. The first-order valence-electron chi connectivity index (χ1n) is 15.6. The molecule has 4 aromatic rings. The summed E-state index contributed by atoms with van der Waals surface area (Å²) in [4.78, 5) is 26.9. The fourth-order valence-corrected chi connectivity index (χ4v) is 7.60. The molecule has 1 fully saturated rings. The molecular weight excluding hydrogens is 636 g/mol. The highest BCUT2D eigenvalue weighted by Gasteiger charge is 2.33. The molecule has 0 bridgehead atoms. The normalized spacial score (nSPS) is 17.2. The SMILES string of the molecule is COC(=O)N[C@H](C(=O)Cc1ccccc1CC[C@@H]1CNC[C@@H](CS(=O)(=O)c2ccc(Cl)cc2)O1)C(c1ccccc1)c1ccccc1. The van der Waals surface area contributed by atoms with E-state index in [-0.39, 0.29) is 29.0 Å². The molecule has 8 nitrogen and oxygen atoms in total. The van der Waals surface area contributed by atoms with Crippen molar-refractivity contribution in [1.82, 2.24) is 10.6 Å². The number of methoxy groups -OCH3 is 1. The van der Waals surface area contributed by atoms with Crippen molar-refractivity contribution in [2.45, 2.75) is 48.3 Å². The van der Waals surface area contributed by atoms with Gasteiger partial charge >= 0.3 is 6.09 Å².